The van der Waals surface area contributed by atoms with E-state index in [2.05, 4.69) is 25.9 Å². The summed E-state index contributed by atoms with van der Waals surface area (Å²) in [7, 11) is 2.37. The van der Waals surface area contributed by atoms with Crippen LogP contribution in [-0.4, -0.2) is 47.0 Å². The maximum atomic E-state index is 12.2. The second kappa shape index (κ2) is 10.7. The lowest BCUT2D eigenvalue weighted by Gasteiger charge is -2.13. The molecule has 0 unspecified atom stereocenters. The lowest BCUT2D eigenvalue weighted by atomic mass is 10.1. The monoisotopic (exact) mass is 480 g/mol. The van der Waals surface area contributed by atoms with Gasteiger partial charge < -0.3 is 25.4 Å². The van der Waals surface area contributed by atoms with Crippen LogP contribution in [0.4, 0.5) is 34.5 Å². The topological polar surface area (TPSA) is 175 Å². The van der Waals surface area contributed by atoms with E-state index >= 15 is 0 Å². The van der Waals surface area contributed by atoms with E-state index in [0.29, 0.717) is 11.4 Å². The van der Waals surface area contributed by atoms with Crippen molar-refractivity contribution in [2.75, 3.05) is 30.2 Å². The van der Waals surface area contributed by atoms with Crippen LogP contribution in [0.25, 0.3) is 0 Å². The molecule has 1 heterocycles. The average molecular weight is 480 g/mol. The average Bonchev–Trinajstić information content (AvgIpc) is 2.84. The molecule has 0 saturated heterocycles. The van der Waals surface area contributed by atoms with Gasteiger partial charge in [0.2, 0.25) is 17.7 Å². The fourth-order valence-electron chi connectivity index (χ4n) is 2.94. The Hall–Kier alpha value is -5.07. The highest BCUT2D eigenvalue weighted by Gasteiger charge is 2.22. The summed E-state index contributed by atoms with van der Waals surface area (Å²) in [6.07, 6.45) is 0.991. The minimum absolute atomic E-state index is 0.00844. The first-order chi connectivity index (χ1) is 16.7. The van der Waals surface area contributed by atoms with Crippen molar-refractivity contribution in [2.24, 2.45) is 0 Å². The summed E-state index contributed by atoms with van der Waals surface area (Å²) in [6.45, 7) is 1.39. The molecule has 3 N–H and O–H groups in total. The molecule has 0 fully saturated rings. The molecule has 3 rings (SSSR count). The van der Waals surface area contributed by atoms with Gasteiger partial charge in [0, 0.05) is 18.3 Å². The number of rotatable bonds is 8. The van der Waals surface area contributed by atoms with Crippen LogP contribution >= 0.6 is 0 Å². The van der Waals surface area contributed by atoms with Gasteiger partial charge in [-0.3, -0.25) is 14.9 Å². The Kier molecular flexibility index (Phi) is 7.51. The van der Waals surface area contributed by atoms with Gasteiger partial charge in [0.25, 0.3) is 0 Å². The normalized spacial score (nSPS) is 10.1. The molecule has 0 radical (unpaired) electrons. The van der Waals surface area contributed by atoms with E-state index in [1.807, 2.05) is 0 Å². The molecule has 0 aliphatic carbocycles. The van der Waals surface area contributed by atoms with Gasteiger partial charge in [-0.2, -0.15) is 4.98 Å². The molecule has 180 valence electrons. The second-order valence-corrected chi connectivity index (χ2v) is 6.94. The van der Waals surface area contributed by atoms with E-state index in [4.69, 9.17) is 9.47 Å². The number of esters is 2. The van der Waals surface area contributed by atoms with Gasteiger partial charge in [0.15, 0.2) is 0 Å². The van der Waals surface area contributed by atoms with Gasteiger partial charge in [-0.05, 0) is 42.5 Å². The van der Waals surface area contributed by atoms with Crippen molar-refractivity contribution in [3.8, 4) is 0 Å². The number of amides is 1. The molecular weight excluding hydrogens is 460 g/mol. The number of benzene rings is 2. The molecular formula is C22H20N6O7. The third-order valence-electron chi connectivity index (χ3n) is 4.53. The zero-order valence-electron chi connectivity index (χ0n) is 18.8. The van der Waals surface area contributed by atoms with Crippen molar-refractivity contribution in [2.45, 2.75) is 6.92 Å². The van der Waals surface area contributed by atoms with Crippen molar-refractivity contribution in [1.82, 2.24) is 9.97 Å². The van der Waals surface area contributed by atoms with E-state index < -0.39 is 22.5 Å². The Labute approximate surface area is 198 Å². The zero-order valence-corrected chi connectivity index (χ0v) is 18.8. The number of hydrogen-bond donors (Lipinski definition) is 3. The number of methoxy groups -OCH3 is 2. The number of carbonyl (C=O) groups is 3. The van der Waals surface area contributed by atoms with Crippen LogP contribution in [-0.2, 0) is 14.3 Å². The summed E-state index contributed by atoms with van der Waals surface area (Å²) in [5, 5.41) is 19.8. The number of carbonyl (C=O) groups excluding carboxylic acids is 3. The van der Waals surface area contributed by atoms with Crippen LogP contribution < -0.4 is 16.0 Å². The molecule has 0 saturated carbocycles. The third kappa shape index (κ3) is 6.04. The number of nitro groups is 1. The second-order valence-electron chi connectivity index (χ2n) is 6.94. The quantitative estimate of drug-likeness (QED) is 0.245. The fourth-order valence-corrected chi connectivity index (χ4v) is 2.94. The number of hydrogen-bond acceptors (Lipinski definition) is 11. The number of nitrogens with one attached hydrogen (secondary N) is 3. The smallest absolute Gasteiger partial charge is 0.339 e. The molecule has 0 atom stereocenters. The fraction of sp³-hybridized carbons (Fsp3) is 0.136. The first kappa shape index (κ1) is 24.6. The maximum Gasteiger partial charge on any atom is 0.339 e. The maximum absolute atomic E-state index is 12.2. The lowest BCUT2D eigenvalue weighted by molar-refractivity contribution is -0.384. The molecule has 13 heteroatoms. The SMILES string of the molecule is COC(=O)c1ccc(C(=O)OC)c(Nc2nc(Nc3ccc(NC(C)=O)cc3)ncc2[N+](=O)[O-])c1. The van der Waals surface area contributed by atoms with Crippen molar-refractivity contribution in [3.05, 3.63) is 69.9 Å². The largest absolute Gasteiger partial charge is 0.465 e. The van der Waals surface area contributed by atoms with Gasteiger partial charge in [0.1, 0.15) is 6.20 Å². The highest BCUT2D eigenvalue weighted by Crippen LogP contribution is 2.30. The number of nitrogens with zero attached hydrogens (tertiary/aromatic N) is 3. The molecule has 0 aliphatic rings. The summed E-state index contributed by atoms with van der Waals surface area (Å²) in [5.74, 6) is -1.86. The lowest BCUT2D eigenvalue weighted by Crippen LogP contribution is -2.11. The molecule has 1 amide bonds. The van der Waals surface area contributed by atoms with Crippen LogP contribution in [0, 0.1) is 10.1 Å². The molecule has 35 heavy (non-hydrogen) atoms. The van der Waals surface area contributed by atoms with Gasteiger partial charge in [-0.25, -0.2) is 14.6 Å². The predicted octanol–water partition coefficient (Wildman–Crippen LogP) is 3.40. The minimum atomic E-state index is -0.738. The number of aromatic nitrogens is 2. The van der Waals surface area contributed by atoms with Crippen molar-refractivity contribution in [3.63, 3.8) is 0 Å². The van der Waals surface area contributed by atoms with Crippen LogP contribution in [0.15, 0.2) is 48.7 Å². The third-order valence-corrected chi connectivity index (χ3v) is 4.53. The Morgan fingerprint density at radius 1 is 0.943 bits per heavy atom. The molecule has 0 aliphatic heterocycles. The molecule has 3 aromatic rings. The van der Waals surface area contributed by atoms with Gasteiger partial charge in [-0.1, -0.05) is 0 Å². The van der Waals surface area contributed by atoms with E-state index in [1.54, 1.807) is 24.3 Å². The van der Waals surface area contributed by atoms with Gasteiger partial charge >= 0.3 is 17.6 Å². The predicted molar refractivity (Wildman–Crippen MR) is 125 cm³/mol. The molecule has 1 aromatic heterocycles. The molecule has 0 bridgehead atoms. The highest BCUT2D eigenvalue weighted by atomic mass is 16.6. The Bertz CT molecular complexity index is 1290. The van der Waals surface area contributed by atoms with Crippen LogP contribution in [0.3, 0.4) is 0 Å². The molecule has 0 spiro atoms. The summed E-state index contributed by atoms with van der Waals surface area (Å²) in [5.41, 5.74) is 0.786. The summed E-state index contributed by atoms with van der Waals surface area (Å²) < 4.78 is 9.45. The summed E-state index contributed by atoms with van der Waals surface area (Å²) in [6, 6.07) is 10.6. The van der Waals surface area contributed by atoms with Crippen LogP contribution in [0.2, 0.25) is 0 Å². The van der Waals surface area contributed by atoms with E-state index in [0.717, 1.165) is 6.20 Å². The van der Waals surface area contributed by atoms with E-state index in [1.165, 1.54) is 39.3 Å². The Morgan fingerprint density at radius 2 is 1.60 bits per heavy atom. The number of anilines is 5. The summed E-state index contributed by atoms with van der Waals surface area (Å²) in [4.78, 5) is 54.3. The summed E-state index contributed by atoms with van der Waals surface area (Å²) >= 11 is 0. The Balaban J connectivity index is 1.97. The van der Waals surface area contributed by atoms with Crippen LogP contribution in [0.5, 0.6) is 0 Å². The van der Waals surface area contributed by atoms with E-state index in [9.17, 15) is 24.5 Å². The van der Waals surface area contributed by atoms with Crippen LogP contribution in [0.1, 0.15) is 27.6 Å². The Morgan fingerprint density at radius 3 is 2.20 bits per heavy atom. The first-order valence-electron chi connectivity index (χ1n) is 9.95. The van der Waals surface area contributed by atoms with E-state index in [-0.39, 0.29) is 34.5 Å². The minimum Gasteiger partial charge on any atom is -0.465 e. The number of ether oxygens (including phenoxy) is 2. The van der Waals surface area contributed by atoms with Crippen molar-refractivity contribution < 1.29 is 28.8 Å². The standard InChI is InChI=1S/C22H20N6O7/c1-12(29)24-14-5-7-15(8-6-14)25-22-23-11-18(28(32)33)19(27-22)26-17-10-13(20(30)34-2)4-9-16(17)21(31)35-3/h4-11H,1-3H3,(H,24,29)(H2,23,25,26,27). The highest BCUT2D eigenvalue weighted by molar-refractivity contribution is 5.99. The van der Waals surface area contributed by atoms with Gasteiger partial charge in [-0.15, -0.1) is 0 Å². The zero-order chi connectivity index (χ0) is 25.5. The molecule has 2 aromatic carbocycles. The van der Waals surface area contributed by atoms with Gasteiger partial charge in [0.05, 0.1) is 36.0 Å². The molecule has 13 nitrogen and oxygen atoms in total. The van der Waals surface area contributed by atoms with Crippen molar-refractivity contribution in [1.29, 1.82) is 0 Å². The van der Waals surface area contributed by atoms with Crippen molar-refractivity contribution >= 4 is 52.4 Å². The first-order valence-corrected chi connectivity index (χ1v) is 9.95.